The number of hydrazone groups is 1. The van der Waals surface area contributed by atoms with Crippen molar-refractivity contribution in [2.75, 3.05) is 5.73 Å². The van der Waals surface area contributed by atoms with E-state index in [0.29, 0.717) is 5.56 Å². The van der Waals surface area contributed by atoms with Crippen molar-refractivity contribution in [1.29, 1.82) is 0 Å². The van der Waals surface area contributed by atoms with Gasteiger partial charge in [0.05, 0.1) is 11.1 Å². The lowest BCUT2D eigenvalue weighted by atomic mass is 10.1. The lowest BCUT2D eigenvalue weighted by molar-refractivity contribution is -0.384. The highest BCUT2D eigenvalue weighted by Gasteiger charge is 2.26. The summed E-state index contributed by atoms with van der Waals surface area (Å²) in [5, 5.41) is 30.0. The van der Waals surface area contributed by atoms with Gasteiger partial charge in [-0.05, 0) is 28.0 Å². The molecule has 0 bridgehead atoms. The number of non-ortho nitro benzene ring substituents is 1. The topological polar surface area (TPSA) is 193 Å². The van der Waals surface area contributed by atoms with Gasteiger partial charge in [0.25, 0.3) is 11.6 Å². The van der Waals surface area contributed by atoms with Gasteiger partial charge >= 0.3 is 0 Å². The Morgan fingerprint density at radius 1 is 1.26 bits per heavy atom. The number of aromatic nitrogens is 6. The number of anilines is 1. The molecule has 0 fully saturated rings. The van der Waals surface area contributed by atoms with E-state index in [1.54, 1.807) is 30.6 Å². The molecule has 1 amide bonds. The Labute approximate surface area is 172 Å². The monoisotopic (exact) mass is 420 g/mol. The number of nitrogens with two attached hydrogens (primary N) is 1. The van der Waals surface area contributed by atoms with Gasteiger partial charge in [0, 0.05) is 30.1 Å². The van der Waals surface area contributed by atoms with Crippen LogP contribution in [0.2, 0.25) is 0 Å². The number of carbonyl (C=O) groups is 1. The van der Waals surface area contributed by atoms with E-state index in [4.69, 9.17) is 5.73 Å². The van der Waals surface area contributed by atoms with Gasteiger partial charge in [-0.15, -0.1) is 5.10 Å². The molecule has 4 rings (SSSR count). The van der Waals surface area contributed by atoms with Crippen LogP contribution >= 0.6 is 0 Å². The van der Waals surface area contributed by atoms with Gasteiger partial charge in [0.1, 0.15) is 5.69 Å². The zero-order valence-corrected chi connectivity index (χ0v) is 15.5. The minimum atomic E-state index is -0.715. The van der Waals surface area contributed by atoms with Gasteiger partial charge in [-0.1, -0.05) is 17.3 Å². The first-order valence-electron chi connectivity index (χ1n) is 8.57. The molecule has 0 saturated carbocycles. The minimum Gasteiger partial charge on any atom is -0.378 e. The third-order valence-corrected chi connectivity index (χ3v) is 4.00. The van der Waals surface area contributed by atoms with Crippen LogP contribution in [0.5, 0.6) is 0 Å². The Bertz CT molecular complexity index is 1280. The van der Waals surface area contributed by atoms with Crippen LogP contribution in [0.15, 0.2) is 58.5 Å². The van der Waals surface area contributed by atoms with Crippen LogP contribution < -0.4 is 11.2 Å². The Kier molecular flexibility index (Phi) is 5.08. The molecule has 0 atom stereocenters. The lowest BCUT2D eigenvalue weighted by Gasteiger charge is -2.05. The highest BCUT2D eigenvalue weighted by atomic mass is 16.6. The molecule has 3 N–H and O–H groups in total. The molecule has 3 heterocycles. The maximum Gasteiger partial charge on any atom is 0.294 e. The molecule has 4 aromatic rings. The Morgan fingerprint density at radius 2 is 2.06 bits per heavy atom. The molecule has 0 aliphatic carbocycles. The number of nitro benzene ring substituents is 1. The number of benzene rings is 1. The number of nitrogens with zero attached hydrogens (tertiary/aromatic N) is 8. The third kappa shape index (κ3) is 3.93. The van der Waals surface area contributed by atoms with Crippen molar-refractivity contribution in [3.63, 3.8) is 0 Å². The molecule has 3 aromatic heterocycles. The molecule has 0 spiro atoms. The number of hydrogen-bond acceptors (Lipinski definition) is 11. The molecular weight excluding hydrogens is 408 g/mol. The number of nitrogen functional groups attached to an aromatic ring is 1. The molecule has 154 valence electrons. The molecule has 14 nitrogen and oxygen atoms in total. The zero-order valence-electron chi connectivity index (χ0n) is 15.5. The number of pyridine rings is 1. The van der Waals surface area contributed by atoms with Crippen molar-refractivity contribution in [2.24, 2.45) is 5.10 Å². The van der Waals surface area contributed by atoms with Crippen molar-refractivity contribution in [2.45, 2.75) is 0 Å². The van der Waals surface area contributed by atoms with Crippen molar-refractivity contribution < 1.29 is 14.3 Å². The van der Waals surface area contributed by atoms with Crippen molar-refractivity contribution in [3.8, 4) is 17.1 Å². The highest BCUT2D eigenvalue weighted by molar-refractivity contribution is 5.99. The average molecular weight is 420 g/mol. The first kappa shape index (κ1) is 19.3. The van der Waals surface area contributed by atoms with Crippen LogP contribution in [0.25, 0.3) is 17.1 Å². The van der Waals surface area contributed by atoms with Crippen LogP contribution in [0.3, 0.4) is 0 Å². The summed E-state index contributed by atoms with van der Waals surface area (Å²) >= 11 is 0. The lowest BCUT2D eigenvalue weighted by Crippen LogP contribution is -2.19. The van der Waals surface area contributed by atoms with Crippen LogP contribution in [0, 0.1) is 10.1 Å². The summed E-state index contributed by atoms with van der Waals surface area (Å²) in [7, 11) is 0. The maximum atomic E-state index is 12.7. The van der Waals surface area contributed by atoms with E-state index in [1.807, 2.05) is 0 Å². The predicted molar refractivity (Wildman–Crippen MR) is 105 cm³/mol. The number of rotatable bonds is 6. The van der Waals surface area contributed by atoms with Gasteiger partial charge in [0.2, 0.25) is 11.6 Å². The Hall–Kier alpha value is -5.01. The van der Waals surface area contributed by atoms with E-state index in [0.717, 1.165) is 4.68 Å². The second kappa shape index (κ2) is 8.16. The first-order chi connectivity index (χ1) is 15.0. The molecule has 0 aliphatic heterocycles. The van der Waals surface area contributed by atoms with E-state index >= 15 is 0 Å². The number of amides is 1. The quantitative estimate of drug-likeness (QED) is 0.258. The van der Waals surface area contributed by atoms with E-state index in [-0.39, 0.29) is 34.3 Å². The summed E-state index contributed by atoms with van der Waals surface area (Å²) in [5.41, 5.74) is 8.77. The number of nitrogens with one attached hydrogen (secondary N) is 1. The number of nitro groups is 1. The third-order valence-electron chi connectivity index (χ3n) is 4.00. The molecule has 0 saturated heterocycles. The normalized spacial score (nSPS) is 11.0. The van der Waals surface area contributed by atoms with Crippen LogP contribution in [0.1, 0.15) is 16.1 Å². The highest BCUT2D eigenvalue weighted by Crippen LogP contribution is 2.28. The molecule has 0 radical (unpaired) electrons. The Balaban J connectivity index is 1.74. The van der Waals surface area contributed by atoms with Gasteiger partial charge in [-0.2, -0.15) is 9.78 Å². The standard InChI is InChI=1S/C17H12N10O4/c18-15-16(24-31-23-15)26-14(11-2-1-3-12(8-11)27(29)30)13(21-25-26)17(28)22-20-9-10-4-6-19-7-5-10/h1-9H,(H2,18,23)(H,22,28)/b20-9-. The molecular formula is C17H12N10O4. The smallest absolute Gasteiger partial charge is 0.294 e. The molecule has 14 heteroatoms. The van der Waals surface area contributed by atoms with Gasteiger partial charge in [0.15, 0.2) is 5.69 Å². The number of hydrogen-bond donors (Lipinski definition) is 2. The summed E-state index contributed by atoms with van der Waals surface area (Å²) in [5.74, 6) is -0.860. The second-order valence-corrected chi connectivity index (χ2v) is 5.96. The zero-order chi connectivity index (χ0) is 21.8. The SMILES string of the molecule is Nc1nonc1-n1nnc(C(=O)N/N=C\c2ccncc2)c1-c1cccc([N+](=O)[O-])c1. The fourth-order valence-electron chi connectivity index (χ4n) is 2.61. The van der Waals surface area contributed by atoms with Crippen LogP contribution in [0.4, 0.5) is 11.5 Å². The molecule has 0 aliphatic rings. The van der Waals surface area contributed by atoms with Gasteiger partial charge in [-0.25, -0.2) is 10.1 Å². The largest absolute Gasteiger partial charge is 0.378 e. The second-order valence-electron chi connectivity index (χ2n) is 5.96. The average Bonchev–Trinajstić information content (AvgIpc) is 3.40. The predicted octanol–water partition coefficient (Wildman–Crippen LogP) is 0.967. The summed E-state index contributed by atoms with van der Waals surface area (Å²) in [6.45, 7) is 0. The fourth-order valence-corrected chi connectivity index (χ4v) is 2.61. The summed E-state index contributed by atoms with van der Waals surface area (Å²) in [6.07, 6.45) is 4.56. The minimum absolute atomic E-state index is 0.0339. The molecule has 31 heavy (non-hydrogen) atoms. The van der Waals surface area contributed by atoms with Crippen LogP contribution in [-0.2, 0) is 0 Å². The van der Waals surface area contributed by atoms with Crippen LogP contribution in [-0.4, -0.2) is 47.3 Å². The van der Waals surface area contributed by atoms with Gasteiger partial charge < -0.3 is 5.73 Å². The molecule has 0 unspecified atom stereocenters. The van der Waals surface area contributed by atoms with E-state index in [2.05, 4.69) is 40.8 Å². The van der Waals surface area contributed by atoms with Crippen molar-refractivity contribution in [3.05, 3.63) is 70.2 Å². The first-order valence-corrected chi connectivity index (χ1v) is 8.57. The Morgan fingerprint density at radius 3 is 2.77 bits per heavy atom. The van der Waals surface area contributed by atoms with Gasteiger partial charge in [-0.3, -0.25) is 19.9 Å². The number of carbonyl (C=O) groups excluding carboxylic acids is 1. The fraction of sp³-hybridized carbons (Fsp3) is 0. The van der Waals surface area contributed by atoms with Crippen molar-refractivity contribution in [1.82, 2.24) is 35.7 Å². The van der Waals surface area contributed by atoms with E-state index in [1.165, 1.54) is 24.4 Å². The summed E-state index contributed by atoms with van der Waals surface area (Å²) in [6, 6.07) is 8.96. The van der Waals surface area contributed by atoms with Crippen molar-refractivity contribution >= 4 is 23.6 Å². The van der Waals surface area contributed by atoms with E-state index < -0.39 is 10.8 Å². The van der Waals surface area contributed by atoms with E-state index in [9.17, 15) is 14.9 Å². The molecule has 1 aromatic carbocycles. The summed E-state index contributed by atoms with van der Waals surface area (Å²) < 4.78 is 5.69. The summed E-state index contributed by atoms with van der Waals surface area (Å²) in [4.78, 5) is 27.3. The maximum absolute atomic E-state index is 12.7.